The van der Waals surface area contributed by atoms with Crippen LogP contribution in [0, 0.1) is 0 Å². The Morgan fingerprint density at radius 3 is 2.43 bits per heavy atom. The van der Waals surface area contributed by atoms with Crippen molar-refractivity contribution in [2.45, 2.75) is 12.8 Å². The summed E-state index contributed by atoms with van der Waals surface area (Å²) in [6.45, 7) is -3.04. The first-order chi connectivity index (χ1) is 13.3. The topological polar surface area (TPSA) is 72.8 Å². The number of ether oxygens (including phenoxy) is 1. The van der Waals surface area contributed by atoms with Gasteiger partial charge in [-0.1, -0.05) is 0 Å². The van der Waals surface area contributed by atoms with Crippen molar-refractivity contribution in [2.75, 3.05) is 0 Å². The highest BCUT2D eigenvalue weighted by Crippen LogP contribution is 2.31. The maximum atomic E-state index is 13.1. The summed E-state index contributed by atoms with van der Waals surface area (Å²) in [6.07, 6.45) is -3.47. The van der Waals surface area contributed by atoms with E-state index in [0.717, 1.165) is 10.6 Å². The molecular formula is C17H9F5N4O2. The molecule has 0 amide bonds. The molecule has 0 aliphatic rings. The van der Waals surface area contributed by atoms with Crippen LogP contribution >= 0.6 is 0 Å². The second-order valence-electron chi connectivity index (χ2n) is 5.70. The summed E-state index contributed by atoms with van der Waals surface area (Å²) in [7, 11) is 0. The van der Waals surface area contributed by atoms with E-state index in [4.69, 9.17) is 0 Å². The Hall–Kier alpha value is -3.50. The van der Waals surface area contributed by atoms with Crippen LogP contribution in [-0.4, -0.2) is 26.1 Å². The van der Waals surface area contributed by atoms with E-state index in [2.05, 4.69) is 19.7 Å². The molecule has 0 aliphatic carbocycles. The quantitative estimate of drug-likeness (QED) is 0.534. The lowest BCUT2D eigenvalue weighted by molar-refractivity contribution is -0.141. The zero-order chi connectivity index (χ0) is 20.1. The monoisotopic (exact) mass is 396 g/mol. The molecule has 144 valence electrons. The highest BCUT2D eigenvalue weighted by Gasteiger charge is 2.33. The number of H-pyrrole nitrogens is 1. The standard InChI is InChI=1S/C17H9F5N4O2/c18-16(19)28-9-3-1-8(2-4-9)26-14-10(5-6-11(25-14)17(20,21)22)12-13(15(26)27)24-7-23-12/h1-7,16H,(H,23,24). The molecule has 11 heteroatoms. The number of imidazole rings is 1. The number of hydrogen-bond donors (Lipinski definition) is 1. The van der Waals surface area contributed by atoms with E-state index in [1.165, 1.54) is 36.7 Å². The van der Waals surface area contributed by atoms with Crippen LogP contribution in [0.4, 0.5) is 22.0 Å². The molecule has 3 aromatic heterocycles. The Labute approximate surface area is 152 Å². The molecule has 0 saturated heterocycles. The summed E-state index contributed by atoms with van der Waals surface area (Å²) in [6, 6.07) is 6.85. The normalized spacial score (nSPS) is 12.2. The largest absolute Gasteiger partial charge is 0.435 e. The maximum absolute atomic E-state index is 13.1. The molecule has 4 aromatic rings. The Balaban J connectivity index is 2.02. The van der Waals surface area contributed by atoms with E-state index in [9.17, 15) is 26.7 Å². The van der Waals surface area contributed by atoms with E-state index < -0.39 is 24.0 Å². The molecule has 0 bridgehead atoms. The van der Waals surface area contributed by atoms with E-state index in [1.54, 1.807) is 0 Å². The van der Waals surface area contributed by atoms with Gasteiger partial charge < -0.3 is 9.72 Å². The SMILES string of the molecule is O=c1c2[nH]cnc2c2ccc(C(F)(F)F)nc2n1-c1ccc(OC(F)F)cc1. The number of nitrogens with one attached hydrogen (secondary N) is 1. The molecule has 0 fully saturated rings. The fourth-order valence-corrected chi connectivity index (χ4v) is 2.85. The third kappa shape index (κ3) is 2.94. The number of aromatic amines is 1. The number of nitrogens with zero attached hydrogens (tertiary/aromatic N) is 3. The van der Waals surface area contributed by atoms with Gasteiger partial charge in [-0.2, -0.15) is 22.0 Å². The zero-order valence-electron chi connectivity index (χ0n) is 13.7. The first kappa shape index (κ1) is 17.9. The number of hydrogen-bond acceptors (Lipinski definition) is 4. The molecule has 3 heterocycles. The lowest BCUT2D eigenvalue weighted by Gasteiger charge is -2.13. The van der Waals surface area contributed by atoms with Crippen molar-refractivity contribution >= 4 is 22.1 Å². The third-order valence-corrected chi connectivity index (χ3v) is 4.01. The van der Waals surface area contributed by atoms with Crippen LogP contribution in [0.2, 0.25) is 0 Å². The number of halogens is 5. The number of rotatable bonds is 3. The van der Waals surface area contributed by atoms with Crippen molar-refractivity contribution in [3.05, 3.63) is 58.8 Å². The van der Waals surface area contributed by atoms with Crippen molar-refractivity contribution in [3.63, 3.8) is 0 Å². The van der Waals surface area contributed by atoms with Gasteiger partial charge in [-0.15, -0.1) is 0 Å². The summed E-state index contributed by atoms with van der Waals surface area (Å²) in [5.41, 5.74) is -1.76. The van der Waals surface area contributed by atoms with Crippen LogP contribution in [0.1, 0.15) is 5.69 Å². The lowest BCUT2D eigenvalue weighted by atomic mass is 10.2. The average Bonchev–Trinajstić information content (AvgIpc) is 3.12. The first-order valence-electron chi connectivity index (χ1n) is 7.77. The molecule has 6 nitrogen and oxygen atoms in total. The van der Waals surface area contributed by atoms with Gasteiger partial charge in [0.15, 0.2) is 0 Å². The summed E-state index contributed by atoms with van der Waals surface area (Å²) in [5.74, 6) is -0.164. The smallest absolute Gasteiger partial charge is 0.433 e. The van der Waals surface area contributed by atoms with Gasteiger partial charge in [0.2, 0.25) is 0 Å². The molecule has 0 atom stereocenters. The summed E-state index contributed by atoms with van der Waals surface area (Å²) >= 11 is 0. The maximum Gasteiger partial charge on any atom is 0.433 e. The number of aromatic nitrogens is 4. The van der Waals surface area contributed by atoms with Crippen LogP contribution in [0.3, 0.4) is 0 Å². The Kier molecular flexibility index (Phi) is 4.02. The minimum Gasteiger partial charge on any atom is -0.435 e. The number of benzene rings is 1. The van der Waals surface area contributed by atoms with Crippen molar-refractivity contribution < 1.29 is 26.7 Å². The highest BCUT2D eigenvalue weighted by molar-refractivity contribution is 6.01. The van der Waals surface area contributed by atoms with Crippen molar-refractivity contribution in [1.29, 1.82) is 0 Å². The molecule has 1 N–H and O–H groups in total. The van der Waals surface area contributed by atoms with Crippen LogP contribution in [0.15, 0.2) is 47.5 Å². The van der Waals surface area contributed by atoms with Gasteiger partial charge in [-0.3, -0.25) is 9.36 Å². The minimum atomic E-state index is -4.72. The summed E-state index contributed by atoms with van der Waals surface area (Å²) in [5, 5.41) is 0.219. The Morgan fingerprint density at radius 1 is 1.07 bits per heavy atom. The fourth-order valence-electron chi connectivity index (χ4n) is 2.85. The van der Waals surface area contributed by atoms with Gasteiger partial charge in [0.05, 0.1) is 12.0 Å². The Bertz CT molecular complexity index is 1230. The van der Waals surface area contributed by atoms with Gasteiger partial charge in [-0.05, 0) is 36.4 Å². The Morgan fingerprint density at radius 2 is 1.79 bits per heavy atom. The number of fused-ring (bicyclic) bond motifs is 3. The predicted octanol–water partition coefficient (Wildman–Crippen LogP) is 3.88. The zero-order valence-corrected chi connectivity index (χ0v) is 13.7. The number of pyridine rings is 2. The van der Waals surface area contributed by atoms with E-state index in [1.807, 2.05) is 0 Å². The van der Waals surface area contributed by atoms with Gasteiger partial charge in [-0.25, -0.2) is 9.97 Å². The van der Waals surface area contributed by atoms with E-state index in [0.29, 0.717) is 0 Å². The highest BCUT2D eigenvalue weighted by atomic mass is 19.4. The van der Waals surface area contributed by atoms with Crippen LogP contribution in [0.5, 0.6) is 5.75 Å². The summed E-state index contributed by atoms with van der Waals surface area (Å²) < 4.78 is 69.2. The molecule has 0 saturated carbocycles. The minimum absolute atomic E-state index is 0.0713. The lowest BCUT2D eigenvalue weighted by Crippen LogP contribution is -2.21. The van der Waals surface area contributed by atoms with Crippen LogP contribution < -0.4 is 10.3 Å². The first-order valence-corrected chi connectivity index (χ1v) is 7.77. The second kappa shape index (κ2) is 6.29. The average molecular weight is 396 g/mol. The van der Waals surface area contributed by atoms with Gasteiger partial charge >= 0.3 is 12.8 Å². The number of alkyl halides is 5. The van der Waals surface area contributed by atoms with E-state index >= 15 is 0 Å². The molecule has 0 radical (unpaired) electrons. The predicted molar refractivity (Wildman–Crippen MR) is 88.6 cm³/mol. The van der Waals surface area contributed by atoms with Crippen molar-refractivity contribution in [1.82, 2.24) is 19.5 Å². The van der Waals surface area contributed by atoms with Gasteiger partial charge in [0.25, 0.3) is 5.56 Å². The molecule has 28 heavy (non-hydrogen) atoms. The van der Waals surface area contributed by atoms with Gasteiger partial charge in [0, 0.05) is 5.39 Å². The molecule has 0 unspecified atom stereocenters. The van der Waals surface area contributed by atoms with Gasteiger partial charge in [0.1, 0.15) is 28.1 Å². The third-order valence-electron chi connectivity index (χ3n) is 4.01. The molecule has 0 spiro atoms. The fraction of sp³-hybridized carbons (Fsp3) is 0.118. The van der Waals surface area contributed by atoms with E-state index in [-0.39, 0.29) is 33.5 Å². The van der Waals surface area contributed by atoms with Crippen LogP contribution in [0.25, 0.3) is 27.8 Å². The molecular weight excluding hydrogens is 387 g/mol. The molecule has 4 rings (SSSR count). The second-order valence-corrected chi connectivity index (χ2v) is 5.70. The summed E-state index contributed by atoms with van der Waals surface area (Å²) in [4.78, 5) is 23.1. The van der Waals surface area contributed by atoms with Crippen LogP contribution in [-0.2, 0) is 6.18 Å². The molecule has 1 aromatic carbocycles. The molecule has 0 aliphatic heterocycles. The van der Waals surface area contributed by atoms with Crippen molar-refractivity contribution in [3.8, 4) is 11.4 Å². The van der Waals surface area contributed by atoms with Crippen molar-refractivity contribution in [2.24, 2.45) is 0 Å².